The minimum Gasteiger partial charge on any atom is -0.392 e. The van der Waals surface area contributed by atoms with Crippen molar-refractivity contribution in [2.24, 2.45) is 11.3 Å². The van der Waals surface area contributed by atoms with E-state index < -0.39 is 0 Å². The molecule has 3 unspecified atom stereocenters. The molecule has 2 rings (SSSR count). The van der Waals surface area contributed by atoms with Gasteiger partial charge in [-0.15, -0.1) is 0 Å². The van der Waals surface area contributed by atoms with Crippen molar-refractivity contribution < 1.29 is 5.11 Å². The highest BCUT2D eigenvalue weighted by atomic mass is 35.5. The van der Waals surface area contributed by atoms with Gasteiger partial charge in [-0.25, -0.2) is 0 Å². The zero-order valence-corrected chi connectivity index (χ0v) is 10.1. The van der Waals surface area contributed by atoms with Crippen molar-refractivity contribution in [1.82, 2.24) is 0 Å². The molecule has 2 heteroatoms. The zero-order valence-electron chi connectivity index (χ0n) is 9.37. The maximum absolute atomic E-state index is 9.90. The Morgan fingerprint density at radius 2 is 1.73 bits per heavy atom. The van der Waals surface area contributed by atoms with Gasteiger partial charge in [0.25, 0.3) is 0 Å². The summed E-state index contributed by atoms with van der Waals surface area (Å²) in [4.78, 5) is 0. The van der Waals surface area contributed by atoms with Gasteiger partial charge in [0.1, 0.15) is 0 Å². The predicted molar refractivity (Wildman–Crippen MR) is 63.1 cm³/mol. The molecule has 1 fully saturated rings. The minimum atomic E-state index is -0.196. The summed E-state index contributed by atoms with van der Waals surface area (Å²) in [7, 11) is 0. The molecule has 1 aliphatic carbocycles. The molecule has 3 atom stereocenters. The summed E-state index contributed by atoms with van der Waals surface area (Å²) in [5, 5.41) is 10.7. The highest BCUT2D eigenvalue weighted by Crippen LogP contribution is 2.56. The van der Waals surface area contributed by atoms with Gasteiger partial charge in [-0.2, -0.15) is 0 Å². The van der Waals surface area contributed by atoms with Gasteiger partial charge in [0, 0.05) is 5.02 Å². The van der Waals surface area contributed by atoms with Crippen LogP contribution in [-0.4, -0.2) is 11.2 Å². The summed E-state index contributed by atoms with van der Waals surface area (Å²) in [6.07, 6.45) is -0.196. The normalized spacial score (nSPS) is 33.5. The SMILES string of the molecule is CC1C(O)C(C)(C)C1c1ccc(Cl)cc1. The topological polar surface area (TPSA) is 20.2 Å². The maximum atomic E-state index is 9.90. The predicted octanol–water partition coefficient (Wildman–Crippen LogP) is 3.46. The lowest BCUT2D eigenvalue weighted by molar-refractivity contribution is -0.115. The number of hydrogen-bond acceptors (Lipinski definition) is 1. The van der Waals surface area contributed by atoms with Crippen molar-refractivity contribution in [3.8, 4) is 0 Å². The first kappa shape index (κ1) is 11.0. The van der Waals surface area contributed by atoms with Crippen molar-refractivity contribution in [2.45, 2.75) is 32.8 Å². The van der Waals surface area contributed by atoms with Gasteiger partial charge in [0.2, 0.25) is 0 Å². The molecule has 1 saturated carbocycles. The maximum Gasteiger partial charge on any atom is 0.0628 e. The Bertz CT molecular complexity index is 355. The van der Waals surface area contributed by atoms with Crippen molar-refractivity contribution in [2.75, 3.05) is 0 Å². The summed E-state index contributed by atoms with van der Waals surface area (Å²) >= 11 is 5.86. The molecule has 1 aromatic carbocycles. The van der Waals surface area contributed by atoms with Crippen molar-refractivity contribution in [3.63, 3.8) is 0 Å². The van der Waals surface area contributed by atoms with Gasteiger partial charge in [-0.1, -0.05) is 44.5 Å². The van der Waals surface area contributed by atoms with Crippen molar-refractivity contribution >= 4 is 11.6 Å². The number of halogens is 1. The summed E-state index contributed by atoms with van der Waals surface area (Å²) in [5.74, 6) is 0.769. The molecular formula is C13H17ClO. The average molecular weight is 225 g/mol. The number of aliphatic hydroxyl groups excluding tert-OH is 1. The molecular weight excluding hydrogens is 208 g/mol. The largest absolute Gasteiger partial charge is 0.392 e. The Labute approximate surface area is 96.1 Å². The fourth-order valence-electron chi connectivity index (χ4n) is 3.01. The van der Waals surface area contributed by atoms with Gasteiger partial charge in [-0.3, -0.25) is 0 Å². The molecule has 0 radical (unpaired) electrons. The number of aliphatic hydroxyl groups is 1. The van der Waals surface area contributed by atoms with Gasteiger partial charge in [0.15, 0.2) is 0 Å². The van der Waals surface area contributed by atoms with Gasteiger partial charge in [0.05, 0.1) is 6.10 Å². The van der Waals surface area contributed by atoms with E-state index in [-0.39, 0.29) is 11.5 Å². The van der Waals surface area contributed by atoms with Crippen LogP contribution in [0, 0.1) is 11.3 Å². The van der Waals surface area contributed by atoms with Crippen LogP contribution in [-0.2, 0) is 0 Å². The Kier molecular flexibility index (Phi) is 2.56. The van der Waals surface area contributed by atoms with Crippen LogP contribution in [0.4, 0.5) is 0 Å². The summed E-state index contributed by atoms with van der Waals surface area (Å²) < 4.78 is 0. The fraction of sp³-hybridized carbons (Fsp3) is 0.538. The molecule has 0 aromatic heterocycles. The van der Waals surface area contributed by atoms with Crippen LogP contribution in [0.3, 0.4) is 0 Å². The van der Waals surface area contributed by atoms with E-state index in [4.69, 9.17) is 11.6 Å². The molecule has 0 aliphatic heterocycles. The van der Waals surface area contributed by atoms with Gasteiger partial charge < -0.3 is 5.11 Å². The third kappa shape index (κ3) is 1.58. The molecule has 0 spiro atoms. The zero-order chi connectivity index (χ0) is 11.2. The quantitative estimate of drug-likeness (QED) is 0.775. The smallest absolute Gasteiger partial charge is 0.0628 e. The third-order valence-corrected chi connectivity index (χ3v) is 4.07. The second-order valence-electron chi connectivity index (χ2n) is 5.15. The lowest BCUT2D eigenvalue weighted by Gasteiger charge is -2.55. The summed E-state index contributed by atoms with van der Waals surface area (Å²) in [6, 6.07) is 7.98. The highest BCUT2D eigenvalue weighted by Gasteiger charge is 2.53. The van der Waals surface area contributed by atoms with Crippen LogP contribution in [0.25, 0.3) is 0 Å². The molecule has 1 nitrogen and oxygen atoms in total. The van der Waals surface area contributed by atoms with Crippen LogP contribution in [0.2, 0.25) is 5.02 Å². The standard InChI is InChI=1S/C13H17ClO/c1-8-11(13(2,3)12(8)15)9-4-6-10(14)7-5-9/h4-8,11-12,15H,1-3H3. The molecule has 1 N–H and O–H groups in total. The van der Waals surface area contributed by atoms with Crippen molar-refractivity contribution in [1.29, 1.82) is 0 Å². The molecule has 0 bridgehead atoms. The first-order chi connectivity index (χ1) is 6.94. The van der Waals surface area contributed by atoms with Crippen LogP contribution >= 0.6 is 11.6 Å². The Morgan fingerprint density at radius 3 is 2.20 bits per heavy atom. The third-order valence-electron chi connectivity index (χ3n) is 3.82. The number of benzene rings is 1. The second kappa shape index (κ2) is 3.50. The van der Waals surface area contributed by atoms with E-state index in [2.05, 4.69) is 32.9 Å². The van der Waals surface area contributed by atoms with Gasteiger partial charge in [-0.05, 0) is 34.9 Å². The molecule has 0 amide bonds. The first-order valence-electron chi connectivity index (χ1n) is 5.38. The Morgan fingerprint density at radius 1 is 1.20 bits per heavy atom. The second-order valence-corrected chi connectivity index (χ2v) is 5.59. The van der Waals surface area contributed by atoms with Crippen LogP contribution in [0.1, 0.15) is 32.3 Å². The van der Waals surface area contributed by atoms with E-state index in [0.29, 0.717) is 11.8 Å². The van der Waals surface area contributed by atoms with E-state index in [1.807, 2.05) is 12.1 Å². The number of rotatable bonds is 1. The number of hydrogen-bond donors (Lipinski definition) is 1. The molecule has 0 heterocycles. The molecule has 0 saturated heterocycles. The fourth-order valence-corrected chi connectivity index (χ4v) is 3.13. The van der Waals surface area contributed by atoms with Crippen molar-refractivity contribution in [3.05, 3.63) is 34.9 Å². The van der Waals surface area contributed by atoms with E-state index >= 15 is 0 Å². The molecule has 1 aliphatic rings. The van der Waals surface area contributed by atoms with E-state index in [1.54, 1.807) is 0 Å². The average Bonchev–Trinajstić information content (AvgIpc) is 2.20. The molecule has 82 valence electrons. The van der Waals surface area contributed by atoms with Crippen LogP contribution < -0.4 is 0 Å². The Balaban J connectivity index is 2.29. The molecule has 1 aromatic rings. The minimum absolute atomic E-state index is 0.0206. The van der Waals surface area contributed by atoms with E-state index in [9.17, 15) is 5.11 Å². The summed E-state index contributed by atoms with van der Waals surface area (Å²) in [6.45, 7) is 6.35. The van der Waals surface area contributed by atoms with E-state index in [0.717, 1.165) is 5.02 Å². The Hall–Kier alpha value is -0.530. The monoisotopic (exact) mass is 224 g/mol. The van der Waals surface area contributed by atoms with Crippen LogP contribution in [0.5, 0.6) is 0 Å². The lowest BCUT2D eigenvalue weighted by atomic mass is 9.52. The van der Waals surface area contributed by atoms with Gasteiger partial charge >= 0.3 is 0 Å². The van der Waals surface area contributed by atoms with E-state index in [1.165, 1.54) is 5.56 Å². The van der Waals surface area contributed by atoms with Crippen LogP contribution in [0.15, 0.2) is 24.3 Å². The summed E-state index contributed by atoms with van der Waals surface area (Å²) in [5.41, 5.74) is 1.26. The lowest BCUT2D eigenvalue weighted by Crippen LogP contribution is -2.54. The highest BCUT2D eigenvalue weighted by molar-refractivity contribution is 6.30. The molecule has 15 heavy (non-hydrogen) atoms. The first-order valence-corrected chi connectivity index (χ1v) is 5.76.